The van der Waals surface area contributed by atoms with Gasteiger partial charge in [0.25, 0.3) is 0 Å². The maximum absolute atomic E-state index is 12.5. The second kappa shape index (κ2) is 5.88. The standard InChI is InChI=1S/C13H21N5O2/c14-7-10-8-17(16-15-10)9-13(19)18-5-6-20-12-4-2-1-3-11(12)18/h8,11-12H,1-7,9,14H2. The maximum Gasteiger partial charge on any atom is 0.244 e. The van der Waals surface area contributed by atoms with E-state index in [-0.39, 0.29) is 24.6 Å². The molecule has 2 heterocycles. The second-order valence-corrected chi connectivity index (χ2v) is 5.46. The van der Waals surface area contributed by atoms with Gasteiger partial charge in [0.15, 0.2) is 0 Å². The molecule has 2 atom stereocenters. The van der Waals surface area contributed by atoms with Crippen LogP contribution in [0.25, 0.3) is 0 Å². The highest BCUT2D eigenvalue weighted by atomic mass is 16.5. The highest BCUT2D eigenvalue weighted by Crippen LogP contribution is 2.28. The van der Waals surface area contributed by atoms with Gasteiger partial charge in [-0.15, -0.1) is 5.10 Å². The van der Waals surface area contributed by atoms with Crippen LogP contribution in [-0.2, 0) is 22.6 Å². The number of hydrogen-bond acceptors (Lipinski definition) is 5. The summed E-state index contributed by atoms with van der Waals surface area (Å²) >= 11 is 0. The zero-order valence-electron chi connectivity index (χ0n) is 11.6. The monoisotopic (exact) mass is 279 g/mol. The first kappa shape index (κ1) is 13.5. The van der Waals surface area contributed by atoms with E-state index in [4.69, 9.17) is 10.5 Å². The van der Waals surface area contributed by atoms with E-state index in [1.807, 2.05) is 4.90 Å². The molecule has 7 heteroatoms. The molecule has 1 aliphatic carbocycles. The van der Waals surface area contributed by atoms with E-state index in [2.05, 4.69) is 10.3 Å². The van der Waals surface area contributed by atoms with Crippen LogP contribution in [0, 0.1) is 0 Å². The van der Waals surface area contributed by atoms with Gasteiger partial charge in [0.05, 0.1) is 30.6 Å². The van der Waals surface area contributed by atoms with Gasteiger partial charge in [-0.05, 0) is 12.8 Å². The predicted octanol–water partition coefficient (Wildman–Crippen LogP) is -0.0932. The fourth-order valence-electron chi connectivity index (χ4n) is 3.14. The van der Waals surface area contributed by atoms with Gasteiger partial charge >= 0.3 is 0 Å². The van der Waals surface area contributed by atoms with Gasteiger partial charge in [-0.1, -0.05) is 18.1 Å². The topological polar surface area (TPSA) is 86.3 Å². The number of fused-ring (bicyclic) bond motifs is 1. The van der Waals surface area contributed by atoms with Gasteiger partial charge in [0, 0.05) is 13.1 Å². The summed E-state index contributed by atoms with van der Waals surface area (Å²) in [5.74, 6) is 0.0960. The molecule has 0 spiro atoms. The fourth-order valence-corrected chi connectivity index (χ4v) is 3.14. The zero-order valence-corrected chi connectivity index (χ0v) is 11.6. The minimum absolute atomic E-state index is 0.0960. The van der Waals surface area contributed by atoms with Crippen LogP contribution >= 0.6 is 0 Å². The average Bonchev–Trinajstić information content (AvgIpc) is 2.94. The smallest absolute Gasteiger partial charge is 0.244 e. The van der Waals surface area contributed by atoms with E-state index in [0.717, 1.165) is 12.8 Å². The molecule has 2 N–H and O–H groups in total. The average molecular weight is 279 g/mol. The van der Waals surface area contributed by atoms with Crippen LogP contribution in [-0.4, -0.2) is 51.1 Å². The molecule has 2 aliphatic rings. The lowest BCUT2D eigenvalue weighted by molar-refractivity contribution is -0.150. The van der Waals surface area contributed by atoms with Gasteiger partial charge < -0.3 is 15.4 Å². The first-order valence-electron chi connectivity index (χ1n) is 7.28. The van der Waals surface area contributed by atoms with Gasteiger partial charge in [-0.25, -0.2) is 4.68 Å². The molecule has 1 saturated heterocycles. The summed E-state index contributed by atoms with van der Waals surface area (Å²) in [5.41, 5.74) is 6.20. The van der Waals surface area contributed by atoms with Crippen molar-refractivity contribution in [3.63, 3.8) is 0 Å². The summed E-state index contributed by atoms with van der Waals surface area (Å²) in [6.07, 6.45) is 6.44. The lowest BCUT2D eigenvalue weighted by Gasteiger charge is -2.43. The Morgan fingerprint density at radius 3 is 3.10 bits per heavy atom. The van der Waals surface area contributed by atoms with E-state index in [9.17, 15) is 4.79 Å². The lowest BCUT2D eigenvalue weighted by atomic mass is 9.90. The zero-order chi connectivity index (χ0) is 13.9. The van der Waals surface area contributed by atoms with E-state index >= 15 is 0 Å². The number of rotatable bonds is 3. The Morgan fingerprint density at radius 2 is 2.30 bits per heavy atom. The highest BCUT2D eigenvalue weighted by Gasteiger charge is 2.36. The maximum atomic E-state index is 12.5. The van der Waals surface area contributed by atoms with Gasteiger partial charge in [-0.2, -0.15) is 0 Å². The SMILES string of the molecule is NCc1cn(CC(=O)N2CCOC3CCCCC32)nn1. The summed E-state index contributed by atoms with van der Waals surface area (Å²) in [6.45, 7) is 1.89. The first-order valence-corrected chi connectivity index (χ1v) is 7.28. The summed E-state index contributed by atoms with van der Waals surface area (Å²) in [5, 5.41) is 7.84. The molecule has 1 aliphatic heterocycles. The molecule has 20 heavy (non-hydrogen) atoms. The van der Waals surface area contributed by atoms with Gasteiger partial charge in [0.1, 0.15) is 6.54 Å². The van der Waals surface area contributed by atoms with Crippen molar-refractivity contribution in [1.82, 2.24) is 19.9 Å². The Hall–Kier alpha value is -1.47. The van der Waals surface area contributed by atoms with Crippen LogP contribution in [0.4, 0.5) is 0 Å². The molecule has 110 valence electrons. The van der Waals surface area contributed by atoms with Crippen molar-refractivity contribution < 1.29 is 9.53 Å². The number of carbonyl (C=O) groups is 1. The Morgan fingerprint density at radius 1 is 1.45 bits per heavy atom. The molecule has 1 saturated carbocycles. The normalized spacial score (nSPS) is 26.4. The molecule has 7 nitrogen and oxygen atoms in total. The van der Waals surface area contributed by atoms with E-state index in [1.165, 1.54) is 12.8 Å². The Kier molecular flexibility index (Phi) is 3.98. The number of nitrogens with two attached hydrogens (primary N) is 1. The van der Waals surface area contributed by atoms with Crippen LogP contribution in [0.15, 0.2) is 6.20 Å². The fraction of sp³-hybridized carbons (Fsp3) is 0.769. The quantitative estimate of drug-likeness (QED) is 0.835. The number of nitrogens with zero attached hydrogens (tertiary/aromatic N) is 4. The molecule has 0 radical (unpaired) electrons. The number of morpholine rings is 1. The minimum atomic E-state index is 0.0960. The Balaban J connectivity index is 1.66. The molecule has 0 bridgehead atoms. The van der Waals surface area contributed by atoms with Crippen molar-refractivity contribution in [3.05, 3.63) is 11.9 Å². The molecular weight excluding hydrogens is 258 g/mol. The molecule has 1 amide bonds. The lowest BCUT2D eigenvalue weighted by Crippen LogP contribution is -2.55. The highest BCUT2D eigenvalue weighted by molar-refractivity contribution is 5.76. The molecule has 2 fully saturated rings. The summed E-state index contributed by atoms with van der Waals surface area (Å²) in [6, 6.07) is 0.238. The molecule has 2 unspecified atom stereocenters. The Labute approximate surface area is 118 Å². The summed E-state index contributed by atoms with van der Waals surface area (Å²) < 4.78 is 7.36. The number of hydrogen-bond donors (Lipinski definition) is 1. The van der Waals surface area contributed by atoms with Crippen LogP contribution < -0.4 is 5.73 Å². The molecular formula is C13H21N5O2. The van der Waals surface area contributed by atoms with Gasteiger partial charge in [0.2, 0.25) is 5.91 Å². The largest absolute Gasteiger partial charge is 0.374 e. The van der Waals surface area contributed by atoms with Crippen molar-refractivity contribution in [2.45, 2.75) is 50.9 Å². The van der Waals surface area contributed by atoms with Crippen molar-refractivity contribution in [3.8, 4) is 0 Å². The summed E-state index contributed by atoms with van der Waals surface area (Å²) in [4.78, 5) is 14.4. The number of carbonyl (C=O) groups excluding carboxylic acids is 1. The van der Waals surface area contributed by atoms with Gasteiger partial charge in [-0.3, -0.25) is 4.79 Å². The van der Waals surface area contributed by atoms with Crippen LogP contribution in [0.5, 0.6) is 0 Å². The first-order chi connectivity index (χ1) is 9.78. The summed E-state index contributed by atoms with van der Waals surface area (Å²) in [7, 11) is 0. The third kappa shape index (κ3) is 2.69. The van der Waals surface area contributed by atoms with E-state index < -0.39 is 0 Å². The van der Waals surface area contributed by atoms with Crippen molar-refractivity contribution >= 4 is 5.91 Å². The van der Waals surface area contributed by atoms with E-state index in [0.29, 0.717) is 25.4 Å². The third-order valence-corrected chi connectivity index (χ3v) is 4.14. The minimum Gasteiger partial charge on any atom is -0.374 e. The van der Waals surface area contributed by atoms with Crippen LogP contribution in [0.2, 0.25) is 0 Å². The van der Waals surface area contributed by atoms with Crippen LogP contribution in [0.1, 0.15) is 31.4 Å². The molecule has 0 aromatic carbocycles. The number of ether oxygens (including phenoxy) is 1. The molecule has 3 rings (SSSR count). The van der Waals surface area contributed by atoms with E-state index in [1.54, 1.807) is 10.9 Å². The third-order valence-electron chi connectivity index (χ3n) is 4.14. The van der Waals surface area contributed by atoms with Crippen molar-refractivity contribution in [1.29, 1.82) is 0 Å². The van der Waals surface area contributed by atoms with Crippen LogP contribution in [0.3, 0.4) is 0 Å². The van der Waals surface area contributed by atoms with Crippen molar-refractivity contribution in [2.24, 2.45) is 5.73 Å². The number of aromatic nitrogens is 3. The predicted molar refractivity (Wildman–Crippen MR) is 71.6 cm³/mol. The molecule has 1 aromatic heterocycles. The molecule has 1 aromatic rings. The van der Waals surface area contributed by atoms with Crippen molar-refractivity contribution in [2.75, 3.05) is 13.2 Å². The second-order valence-electron chi connectivity index (χ2n) is 5.46. The number of amides is 1. The Bertz CT molecular complexity index is 473.